The number of nitrogens with zero attached hydrogens (tertiary/aromatic N) is 2. The number of hydrogen-bond donors (Lipinski definition) is 2. The largest absolute Gasteiger partial charge is 0.395 e. The van der Waals surface area contributed by atoms with E-state index in [1.807, 2.05) is 61.5 Å². The first kappa shape index (κ1) is 16.4. The Morgan fingerprint density at radius 3 is 2.58 bits per heavy atom. The van der Waals surface area contributed by atoms with Crippen LogP contribution < -0.4 is 10.9 Å². The number of aromatic nitrogens is 2. The SMILES string of the molecule is CC(NCCO)c1nc2ccccc2c(=O)n1Cc1ccccc1. The predicted octanol–water partition coefficient (Wildman–Crippen LogP) is 2.09. The lowest BCUT2D eigenvalue weighted by Gasteiger charge is -2.19. The normalized spacial score (nSPS) is 12.4. The molecule has 3 rings (SSSR count). The first-order chi connectivity index (χ1) is 11.7. The van der Waals surface area contributed by atoms with Crippen LogP contribution in [0.1, 0.15) is 24.4 Å². The maximum Gasteiger partial charge on any atom is 0.261 e. The number of aliphatic hydroxyl groups excluding tert-OH is 1. The third kappa shape index (κ3) is 3.37. The number of para-hydroxylation sites is 1. The second kappa shape index (κ2) is 7.38. The van der Waals surface area contributed by atoms with Crippen molar-refractivity contribution in [2.45, 2.75) is 19.5 Å². The van der Waals surface area contributed by atoms with Crippen LogP contribution in [-0.2, 0) is 6.54 Å². The Kier molecular flexibility index (Phi) is 5.03. The van der Waals surface area contributed by atoms with E-state index in [2.05, 4.69) is 5.32 Å². The van der Waals surface area contributed by atoms with Gasteiger partial charge in [0.2, 0.25) is 0 Å². The third-order valence-electron chi connectivity index (χ3n) is 4.02. The zero-order valence-electron chi connectivity index (χ0n) is 13.6. The van der Waals surface area contributed by atoms with Crippen LogP contribution in [0.15, 0.2) is 59.4 Å². The molecule has 3 aromatic rings. The van der Waals surface area contributed by atoms with E-state index in [-0.39, 0.29) is 18.2 Å². The fraction of sp³-hybridized carbons (Fsp3) is 0.263. The van der Waals surface area contributed by atoms with Crippen LogP contribution in [0.4, 0.5) is 0 Å². The smallest absolute Gasteiger partial charge is 0.261 e. The van der Waals surface area contributed by atoms with Crippen LogP contribution in [0.25, 0.3) is 10.9 Å². The molecule has 0 amide bonds. The van der Waals surface area contributed by atoms with Gasteiger partial charge in [0.05, 0.1) is 30.1 Å². The van der Waals surface area contributed by atoms with Crippen LogP contribution in [0.3, 0.4) is 0 Å². The van der Waals surface area contributed by atoms with Crippen molar-refractivity contribution in [3.05, 3.63) is 76.3 Å². The lowest BCUT2D eigenvalue weighted by molar-refractivity contribution is 0.284. The molecule has 1 atom stereocenters. The maximum absolute atomic E-state index is 13.0. The predicted molar refractivity (Wildman–Crippen MR) is 95.1 cm³/mol. The van der Waals surface area contributed by atoms with Gasteiger partial charge in [-0.25, -0.2) is 4.98 Å². The van der Waals surface area contributed by atoms with Crippen molar-refractivity contribution < 1.29 is 5.11 Å². The molecular weight excluding hydrogens is 302 g/mol. The fourth-order valence-corrected chi connectivity index (χ4v) is 2.81. The van der Waals surface area contributed by atoms with Gasteiger partial charge < -0.3 is 10.4 Å². The highest BCUT2D eigenvalue weighted by molar-refractivity contribution is 5.77. The molecule has 1 aromatic heterocycles. The van der Waals surface area contributed by atoms with Crippen molar-refractivity contribution in [3.63, 3.8) is 0 Å². The number of benzene rings is 2. The highest BCUT2D eigenvalue weighted by Gasteiger charge is 2.16. The van der Waals surface area contributed by atoms with Crippen molar-refractivity contribution in [1.82, 2.24) is 14.9 Å². The van der Waals surface area contributed by atoms with Crippen LogP contribution in [0.5, 0.6) is 0 Å². The Hall–Kier alpha value is -2.50. The molecule has 0 radical (unpaired) electrons. The summed E-state index contributed by atoms with van der Waals surface area (Å²) >= 11 is 0. The molecule has 24 heavy (non-hydrogen) atoms. The van der Waals surface area contributed by atoms with Crippen molar-refractivity contribution in [2.75, 3.05) is 13.2 Å². The highest BCUT2D eigenvalue weighted by atomic mass is 16.3. The molecule has 5 heteroatoms. The van der Waals surface area contributed by atoms with Gasteiger partial charge in [-0.3, -0.25) is 9.36 Å². The fourth-order valence-electron chi connectivity index (χ4n) is 2.81. The van der Waals surface area contributed by atoms with Crippen LogP contribution in [0.2, 0.25) is 0 Å². The van der Waals surface area contributed by atoms with E-state index >= 15 is 0 Å². The van der Waals surface area contributed by atoms with E-state index in [1.165, 1.54) is 0 Å². The second-order valence-electron chi connectivity index (χ2n) is 5.76. The number of rotatable bonds is 6. The Labute approximate surface area is 140 Å². The molecule has 0 aliphatic heterocycles. The minimum absolute atomic E-state index is 0.0425. The van der Waals surface area contributed by atoms with E-state index in [4.69, 9.17) is 10.1 Å². The van der Waals surface area contributed by atoms with E-state index < -0.39 is 0 Å². The van der Waals surface area contributed by atoms with E-state index in [0.717, 1.165) is 5.56 Å². The van der Waals surface area contributed by atoms with E-state index in [9.17, 15) is 4.79 Å². The Morgan fingerprint density at radius 2 is 1.83 bits per heavy atom. The topological polar surface area (TPSA) is 67.2 Å². The number of fused-ring (bicyclic) bond motifs is 1. The highest BCUT2D eigenvalue weighted by Crippen LogP contribution is 2.15. The molecule has 0 aliphatic rings. The van der Waals surface area contributed by atoms with Crippen molar-refractivity contribution in [3.8, 4) is 0 Å². The first-order valence-corrected chi connectivity index (χ1v) is 8.08. The number of hydrogen-bond acceptors (Lipinski definition) is 4. The van der Waals surface area contributed by atoms with Gasteiger partial charge in [0.25, 0.3) is 5.56 Å². The van der Waals surface area contributed by atoms with Crippen LogP contribution >= 0.6 is 0 Å². The third-order valence-corrected chi connectivity index (χ3v) is 4.02. The summed E-state index contributed by atoms with van der Waals surface area (Å²) in [6, 6.07) is 17.1. The lowest BCUT2D eigenvalue weighted by atomic mass is 10.2. The molecule has 0 saturated carbocycles. The summed E-state index contributed by atoms with van der Waals surface area (Å²) < 4.78 is 1.71. The average Bonchev–Trinajstić information content (AvgIpc) is 2.63. The standard InChI is InChI=1S/C19H21N3O2/c1-14(20-11-12-23)18-21-17-10-6-5-9-16(17)19(24)22(18)13-15-7-3-2-4-8-15/h2-10,14,20,23H,11-13H2,1H3. The van der Waals surface area contributed by atoms with Crippen molar-refractivity contribution in [2.24, 2.45) is 0 Å². The van der Waals surface area contributed by atoms with Crippen molar-refractivity contribution >= 4 is 10.9 Å². The molecule has 2 aromatic carbocycles. The average molecular weight is 323 g/mol. The summed E-state index contributed by atoms with van der Waals surface area (Å²) in [4.78, 5) is 17.7. The van der Waals surface area contributed by atoms with E-state index in [1.54, 1.807) is 4.57 Å². The monoisotopic (exact) mass is 323 g/mol. The molecule has 0 saturated heterocycles. The van der Waals surface area contributed by atoms with Crippen LogP contribution in [0, 0.1) is 0 Å². The minimum atomic E-state index is -0.141. The molecule has 2 N–H and O–H groups in total. The molecule has 5 nitrogen and oxygen atoms in total. The Bertz CT molecular complexity index is 875. The van der Waals surface area contributed by atoms with Gasteiger partial charge in [0.15, 0.2) is 0 Å². The minimum Gasteiger partial charge on any atom is -0.395 e. The van der Waals surface area contributed by atoms with Gasteiger partial charge in [-0.15, -0.1) is 0 Å². The van der Waals surface area contributed by atoms with Crippen LogP contribution in [-0.4, -0.2) is 27.8 Å². The number of nitrogens with one attached hydrogen (secondary N) is 1. The van der Waals surface area contributed by atoms with E-state index in [0.29, 0.717) is 29.8 Å². The molecular formula is C19H21N3O2. The molecule has 0 spiro atoms. The summed E-state index contributed by atoms with van der Waals surface area (Å²) in [6.45, 7) is 2.92. The zero-order chi connectivity index (χ0) is 16.9. The molecule has 1 heterocycles. The summed E-state index contributed by atoms with van der Waals surface area (Å²) in [6.07, 6.45) is 0. The van der Waals surface area contributed by atoms with Gasteiger partial charge in [-0.2, -0.15) is 0 Å². The Balaban J connectivity index is 2.12. The first-order valence-electron chi connectivity index (χ1n) is 8.08. The van der Waals surface area contributed by atoms with Gasteiger partial charge in [0.1, 0.15) is 5.82 Å². The summed E-state index contributed by atoms with van der Waals surface area (Å²) in [7, 11) is 0. The second-order valence-corrected chi connectivity index (χ2v) is 5.76. The maximum atomic E-state index is 13.0. The molecule has 1 unspecified atom stereocenters. The lowest BCUT2D eigenvalue weighted by Crippen LogP contribution is -2.32. The van der Waals surface area contributed by atoms with Gasteiger partial charge in [0, 0.05) is 6.54 Å². The zero-order valence-corrected chi connectivity index (χ0v) is 13.6. The summed E-state index contributed by atoms with van der Waals surface area (Å²) in [5, 5.41) is 12.9. The molecule has 0 fully saturated rings. The molecule has 124 valence electrons. The quantitative estimate of drug-likeness (QED) is 0.729. The summed E-state index contributed by atoms with van der Waals surface area (Å²) in [5.41, 5.74) is 1.70. The molecule has 0 aliphatic carbocycles. The Morgan fingerprint density at radius 1 is 1.12 bits per heavy atom. The van der Waals surface area contributed by atoms with Crippen molar-refractivity contribution in [1.29, 1.82) is 0 Å². The van der Waals surface area contributed by atoms with Gasteiger partial charge in [-0.1, -0.05) is 42.5 Å². The van der Waals surface area contributed by atoms with Gasteiger partial charge >= 0.3 is 0 Å². The van der Waals surface area contributed by atoms with Gasteiger partial charge in [-0.05, 0) is 24.6 Å². The number of aliphatic hydroxyl groups is 1. The summed E-state index contributed by atoms with van der Waals surface area (Å²) in [5.74, 6) is 0.677. The molecule has 0 bridgehead atoms.